The van der Waals surface area contributed by atoms with Gasteiger partial charge in [-0.05, 0) is 61.5 Å². The Morgan fingerprint density at radius 2 is 2.00 bits per heavy atom. The quantitative estimate of drug-likeness (QED) is 0.699. The molecule has 28 heavy (non-hydrogen) atoms. The smallest absolute Gasteiger partial charge is 0.271 e. The van der Waals surface area contributed by atoms with E-state index in [0.717, 1.165) is 11.3 Å². The molecule has 1 aliphatic heterocycles. The molecule has 3 rings (SSSR count). The van der Waals surface area contributed by atoms with Crippen molar-refractivity contribution in [1.29, 1.82) is 0 Å². The van der Waals surface area contributed by atoms with Gasteiger partial charge in [0.2, 0.25) is 0 Å². The number of amidine groups is 1. The first-order valence-electron chi connectivity index (χ1n) is 8.89. The molecule has 0 saturated carbocycles. The number of halogens is 1. The lowest BCUT2D eigenvalue weighted by atomic mass is 10.2. The standard InChI is InChI=1S/C21H21ClN2O3S/c1-14(2)23-21-24(16-6-4-3-5-7-16)20(26)19(28-21)13-15-8-9-18(17(22)12-15)27-11-10-25/h3-9,12-14,25H,10-11H2,1-2H3/b19-13-,23-21-. The van der Waals surface area contributed by atoms with Crippen LogP contribution in [0, 0.1) is 0 Å². The fraction of sp³-hybridized carbons (Fsp3) is 0.238. The number of carbonyl (C=O) groups excluding carboxylic acids is 1. The maximum atomic E-state index is 13.1. The third kappa shape index (κ3) is 4.76. The molecule has 0 bridgehead atoms. The molecule has 7 heteroatoms. The molecule has 1 saturated heterocycles. The summed E-state index contributed by atoms with van der Waals surface area (Å²) in [6.45, 7) is 4.05. The van der Waals surface area contributed by atoms with E-state index in [1.54, 1.807) is 23.1 Å². The Morgan fingerprint density at radius 1 is 1.25 bits per heavy atom. The molecule has 2 aromatic carbocycles. The van der Waals surface area contributed by atoms with Gasteiger partial charge in [-0.2, -0.15) is 0 Å². The van der Waals surface area contributed by atoms with Crippen LogP contribution in [0.3, 0.4) is 0 Å². The van der Waals surface area contributed by atoms with Crippen LogP contribution < -0.4 is 9.64 Å². The van der Waals surface area contributed by atoms with Crippen molar-refractivity contribution in [2.24, 2.45) is 4.99 Å². The number of aliphatic hydroxyl groups is 1. The summed E-state index contributed by atoms with van der Waals surface area (Å²) in [7, 11) is 0. The largest absolute Gasteiger partial charge is 0.490 e. The molecule has 1 heterocycles. The Labute approximate surface area is 173 Å². The fourth-order valence-electron chi connectivity index (χ4n) is 2.62. The average molecular weight is 417 g/mol. The summed E-state index contributed by atoms with van der Waals surface area (Å²) < 4.78 is 5.37. The number of thioether (sulfide) groups is 1. The first kappa shape index (κ1) is 20.5. The van der Waals surface area contributed by atoms with Crippen molar-refractivity contribution < 1.29 is 14.6 Å². The molecule has 0 spiro atoms. The zero-order chi connectivity index (χ0) is 20.1. The Hall–Kier alpha value is -2.28. The van der Waals surface area contributed by atoms with Crippen molar-refractivity contribution in [2.75, 3.05) is 18.1 Å². The van der Waals surface area contributed by atoms with Crippen LogP contribution >= 0.6 is 23.4 Å². The van der Waals surface area contributed by atoms with E-state index >= 15 is 0 Å². The highest BCUT2D eigenvalue weighted by Crippen LogP contribution is 2.37. The molecule has 1 aliphatic rings. The Morgan fingerprint density at radius 3 is 2.64 bits per heavy atom. The second-order valence-electron chi connectivity index (χ2n) is 6.35. The molecular formula is C21H21ClN2O3S. The molecule has 0 atom stereocenters. The van der Waals surface area contributed by atoms with Crippen LogP contribution in [0.25, 0.3) is 6.08 Å². The number of aliphatic imine (C=N–C) groups is 1. The molecule has 5 nitrogen and oxygen atoms in total. The summed E-state index contributed by atoms with van der Waals surface area (Å²) in [5.74, 6) is 0.378. The minimum Gasteiger partial charge on any atom is -0.490 e. The molecule has 1 fully saturated rings. The molecule has 2 aromatic rings. The number of carbonyl (C=O) groups is 1. The number of hydrogen-bond donors (Lipinski definition) is 1. The van der Waals surface area contributed by atoms with Crippen molar-refractivity contribution in [3.63, 3.8) is 0 Å². The van der Waals surface area contributed by atoms with Crippen molar-refractivity contribution in [1.82, 2.24) is 0 Å². The summed E-state index contributed by atoms with van der Waals surface area (Å²) in [5.41, 5.74) is 1.57. The number of ether oxygens (including phenoxy) is 1. The zero-order valence-corrected chi connectivity index (χ0v) is 17.2. The van der Waals surface area contributed by atoms with Crippen molar-refractivity contribution >= 4 is 46.2 Å². The Kier molecular flexibility index (Phi) is 6.78. The lowest BCUT2D eigenvalue weighted by Crippen LogP contribution is -2.29. The number of para-hydroxylation sites is 1. The number of anilines is 1. The van der Waals surface area contributed by atoms with Crippen LogP contribution in [0.1, 0.15) is 19.4 Å². The van der Waals surface area contributed by atoms with Gasteiger partial charge in [0.05, 0.1) is 22.2 Å². The molecule has 0 radical (unpaired) electrons. The monoisotopic (exact) mass is 416 g/mol. The molecule has 146 valence electrons. The van der Waals surface area contributed by atoms with E-state index in [9.17, 15) is 4.79 Å². The predicted octanol–water partition coefficient (Wildman–Crippen LogP) is 4.60. The Bertz CT molecular complexity index is 913. The van der Waals surface area contributed by atoms with Crippen molar-refractivity contribution in [3.05, 3.63) is 64.0 Å². The van der Waals surface area contributed by atoms with Gasteiger partial charge in [0.15, 0.2) is 5.17 Å². The predicted molar refractivity (Wildman–Crippen MR) is 116 cm³/mol. The number of rotatable bonds is 6. The average Bonchev–Trinajstić information content (AvgIpc) is 2.96. The minimum absolute atomic E-state index is 0.0678. The van der Waals surface area contributed by atoms with Crippen LogP contribution in [0.4, 0.5) is 5.69 Å². The third-order valence-electron chi connectivity index (χ3n) is 3.79. The van der Waals surface area contributed by atoms with E-state index in [1.807, 2.05) is 50.2 Å². The van der Waals surface area contributed by atoms with E-state index < -0.39 is 0 Å². The lowest BCUT2D eigenvalue weighted by molar-refractivity contribution is -0.113. The third-order valence-corrected chi connectivity index (χ3v) is 5.07. The van der Waals surface area contributed by atoms with Gasteiger partial charge in [-0.15, -0.1) is 0 Å². The van der Waals surface area contributed by atoms with Crippen molar-refractivity contribution in [3.8, 4) is 5.75 Å². The second-order valence-corrected chi connectivity index (χ2v) is 7.77. The Balaban J connectivity index is 1.92. The van der Waals surface area contributed by atoms with E-state index in [4.69, 9.17) is 21.4 Å². The van der Waals surface area contributed by atoms with Gasteiger partial charge >= 0.3 is 0 Å². The highest BCUT2D eigenvalue weighted by Gasteiger charge is 2.34. The van der Waals surface area contributed by atoms with Gasteiger partial charge in [-0.25, -0.2) is 0 Å². The first-order valence-corrected chi connectivity index (χ1v) is 10.1. The SMILES string of the molecule is CC(C)/N=C1\S/C(=C\c2ccc(OCCO)c(Cl)c2)C(=O)N1c1ccccc1. The number of benzene rings is 2. The fourth-order valence-corrected chi connectivity index (χ4v) is 3.97. The first-order chi connectivity index (χ1) is 13.5. The van der Waals surface area contributed by atoms with Crippen LogP contribution in [0.5, 0.6) is 5.75 Å². The van der Waals surface area contributed by atoms with Gasteiger partial charge < -0.3 is 9.84 Å². The summed E-state index contributed by atoms with van der Waals surface area (Å²) in [6, 6.07) is 14.8. The lowest BCUT2D eigenvalue weighted by Gasteiger charge is -2.16. The van der Waals surface area contributed by atoms with E-state index in [1.165, 1.54) is 11.8 Å². The maximum absolute atomic E-state index is 13.1. The molecule has 1 amide bonds. The summed E-state index contributed by atoms with van der Waals surface area (Å²) >= 11 is 7.60. The number of hydrogen-bond acceptors (Lipinski definition) is 5. The number of amides is 1. The minimum atomic E-state index is -0.118. The molecule has 0 unspecified atom stereocenters. The highest BCUT2D eigenvalue weighted by molar-refractivity contribution is 8.19. The van der Waals surface area contributed by atoms with Crippen molar-refractivity contribution in [2.45, 2.75) is 19.9 Å². The summed E-state index contributed by atoms with van der Waals surface area (Å²) in [6.07, 6.45) is 1.80. The maximum Gasteiger partial charge on any atom is 0.271 e. The molecule has 1 N–H and O–H groups in total. The van der Waals surface area contributed by atoms with Crippen LogP contribution in [0.2, 0.25) is 5.02 Å². The van der Waals surface area contributed by atoms with Gasteiger partial charge in [-0.3, -0.25) is 14.7 Å². The van der Waals surface area contributed by atoms with Gasteiger partial charge in [-0.1, -0.05) is 35.9 Å². The number of nitrogens with zero attached hydrogens (tertiary/aromatic N) is 2. The zero-order valence-electron chi connectivity index (χ0n) is 15.6. The molecular weight excluding hydrogens is 396 g/mol. The topological polar surface area (TPSA) is 62.1 Å². The van der Waals surface area contributed by atoms with E-state index in [2.05, 4.69) is 4.99 Å². The normalized spacial score (nSPS) is 17.2. The van der Waals surface area contributed by atoms with Crippen LogP contribution in [-0.4, -0.2) is 35.4 Å². The number of aliphatic hydroxyl groups excluding tert-OH is 1. The molecule has 0 aromatic heterocycles. The summed E-state index contributed by atoms with van der Waals surface area (Å²) in [5, 5.41) is 9.95. The van der Waals surface area contributed by atoms with E-state index in [0.29, 0.717) is 20.8 Å². The van der Waals surface area contributed by atoms with Crippen LogP contribution in [-0.2, 0) is 4.79 Å². The van der Waals surface area contributed by atoms with Gasteiger partial charge in [0.1, 0.15) is 12.4 Å². The van der Waals surface area contributed by atoms with Gasteiger partial charge in [0, 0.05) is 6.04 Å². The molecule has 0 aliphatic carbocycles. The van der Waals surface area contributed by atoms with E-state index in [-0.39, 0.29) is 25.2 Å². The second kappa shape index (κ2) is 9.28. The summed E-state index contributed by atoms with van der Waals surface area (Å²) in [4.78, 5) is 19.9. The highest BCUT2D eigenvalue weighted by atomic mass is 35.5. The van der Waals surface area contributed by atoms with Crippen LogP contribution in [0.15, 0.2) is 58.4 Å². The van der Waals surface area contributed by atoms with Gasteiger partial charge in [0.25, 0.3) is 5.91 Å².